The quantitative estimate of drug-likeness (QED) is 0.737. The van der Waals surface area contributed by atoms with Crippen molar-refractivity contribution in [3.8, 4) is 5.75 Å². The van der Waals surface area contributed by atoms with Crippen molar-refractivity contribution in [3.05, 3.63) is 71.2 Å². The Balaban J connectivity index is 1.87. The summed E-state index contributed by atoms with van der Waals surface area (Å²) in [6, 6.07) is 13.5. The van der Waals surface area contributed by atoms with E-state index < -0.39 is 5.82 Å². The largest absolute Gasteiger partial charge is 0.497 e. The molecule has 150 valence electrons. The van der Waals surface area contributed by atoms with Gasteiger partial charge in [0.15, 0.2) is 5.78 Å². The Kier molecular flexibility index (Phi) is 4.77. The number of carbonyl (C=O) groups excluding carboxylic acids is 2. The summed E-state index contributed by atoms with van der Waals surface area (Å²) in [5, 5.41) is 0. The highest BCUT2D eigenvalue weighted by Crippen LogP contribution is 2.48. The van der Waals surface area contributed by atoms with Gasteiger partial charge >= 0.3 is 0 Å². The van der Waals surface area contributed by atoms with Crippen LogP contribution in [0.4, 0.5) is 10.1 Å². The number of ketones is 1. The summed E-state index contributed by atoms with van der Waals surface area (Å²) in [6.45, 7) is 4.06. The molecule has 4 nitrogen and oxygen atoms in total. The van der Waals surface area contributed by atoms with E-state index in [-0.39, 0.29) is 29.4 Å². The first-order valence-electron chi connectivity index (χ1n) is 9.78. The SMILES string of the molecule is COc1ccc(C2CC(=O)N(c3cccc(F)c3)C3=C2C(=O)CC(C)(C)C3)cc1. The minimum atomic E-state index is -0.406. The number of Topliss-reactive ketones (excluding diaryl/α,β-unsaturated/α-hetero) is 1. The van der Waals surface area contributed by atoms with Gasteiger partial charge in [0.05, 0.1) is 12.8 Å². The first-order chi connectivity index (χ1) is 13.8. The lowest BCUT2D eigenvalue weighted by Gasteiger charge is -2.43. The van der Waals surface area contributed by atoms with Crippen LogP contribution in [0.1, 0.15) is 44.6 Å². The molecule has 1 aliphatic carbocycles. The van der Waals surface area contributed by atoms with Gasteiger partial charge in [-0.2, -0.15) is 0 Å². The molecule has 0 saturated carbocycles. The van der Waals surface area contributed by atoms with E-state index in [1.807, 2.05) is 38.1 Å². The average molecular weight is 393 g/mol. The van der Waals surface area contributed by atoms with Crippen molar-refractivity contribution in [3.63, 3.8) is 0 Å². The zero-order valence-corrected chi connectivity index (χ0v) is 16.9. The molecular weight excluding hydrogens is 369 g/mol. The maximum atomic E-state index is 13.9. The fourth-order valence-corrected chi connectivity index (χ4v) is 4.45. The molecule has 0 spiro atoms. The molecule has 1 unspecified atom stereocenters. The molecule has 0 radical (unpaired) electrons. The van der Waals surface area contributed by atoms with E-state index in [9.17, 15) is 14.0 Å². The first-order valence-corrected chi connectivity index (χ1v) is 9.78. The summed E-state index contributed by atoms with van der Waals surface area (Å²) in [5.74, 6) is -0.0397. The Bertz CT molecular complexity index is 1010. The standard InChI is InChI=1S/C24H24FNO3/c1-24(2)13-20-23(21(27)14-24)19(15-7-9-18(29-3)10-8-15)12-22(28)26(20)17-6-4-5-16(25)11-17/h4-11,19H,12-14H2,1-3H3. The number of methoxy groups -OCH3 is 1. The van der Waals surface area contributed by atoms with Crippen LogP contribution in [0, 0.1) is 11.2 Å². The van der Waals surface area contributed by atoms with E-state index in [2.05, 4.69) is 0 Å². The van der Waals surface area contributed by atoms with Crippen molar-refractivity contribution < 1.29 is 18.7 Å². The van der Waals surface area contributed by atoms with Crippen molar-refractivity contribution in [2.75, 3.05) is 12.0 Å². The van der Waals surface area contributed by atoms with Crippen LogP contribution in [-0.4, -0.2) is 18.8 Å². The van der Waals surface area contributed by atoms with Crippen LogP contribution in [0.25, 0.3) is 0 Å². The highest BCUT2D eigenvalue weighted by molar-refractivity contribution is 6.07. The number of anilines is 1. The van der Waals surface area contributed by atoms with Crippen molar-refractivity contribution in [2.24, 2.45) is 5.41 Å². The number of hydrogen-bond acceptors (Lipinski definition) is 3. The van der Waals surface area contributed by atoms with Crippen LogP contribution in [-0.2, 0) is 9.59 Å². The van der Waals surface area contributed by atoms with Crippen LogP contribution in [0.3, 0.4) is 0 Å². The molecule has 1 amide bonds. The maximum Gasteiger partial charge on any atom is 0.232 e. The maximum absolute atomic E-state index is 13.9. The van der Waals surface area contributed by atoms with E-state index in [0.717, 1.165) is 11.3 Å². The molecule has 0 fully saturated rings. The monoisotopic (exact) mass is 393 g/mol. The molecule has 2 aromatic carbocycles. The minimum absolute atomic E-state index is 0.0611. The zero-order chi connectivity index (χ0) is 20.8. The number of nitrogens with zero attached hydrogens (tertiary/aromatic N) is 1. The molecule has 0 bridgehead atoms. The second-order valence-corrected chi connectivity index (χ2v) is 8.54. The number of allylic oxidation sites excluding steroid dienone is 2. The van der Waals surface area contributed by atoms with Gasteiger partial charge in [-0.05, 0) is 47.7 Å². The highest BCUT2D eigenvalue weighted by atomic mass is 19.1. The Hall–Kier alpha value is -2.95. The Morgan fingerprint density at radius 2 is 1.79 bits per heavy atom. The van der Waals surface area contributed by atoms with Gasteiger partial charge in [0, 0.05) is 30.0 Å². The Morgan fingerprint density at radius 1 is 1.07 bits per heavy atom. The summed E-state index contributed by atoms with van der Waals surface area (Å²) in [4.78, 5) is 28.0. The number of halogens is 1. The van der Waals surface area contributed by atoms with E-state index in [1.165, 1.54) is 12.1 Å². The molecule has 1 heterocycles. The fourth-order valence-electron chi connectivity index (χ4n) is 4.45. The second-order valence-electron chi connectivity index (χ2n) is 8.54. The summed E-state index contributed by atoms with van der Waals surface area (Å²) in [5.41, 5.74) is 2.51. The summed E-state index contributed by atoms with van der Waals surface area (Å²) in [6.07, 6.45) is 1.19. The number of benzene rings is 2. The first kappa shape index (κ1) is 19.4. The van der Waals surface area contributed by atoms with E-state index >= 15 is 0 Å². The smallest absolute Gasteiger partial charge is 0.232 e. The molecule has 0 saturated heterocycles. The molecule has 5 heteroatoms. The van der Waals surface area contributed by atoms with E-state index in [1.54, 1.807) is 24.1 Å². The lowest BCUT2D eigenvalue weighted by molar-refractivity contribution is -0.121. The van der Waals surface area contributed by atoms with Crippen LogP contribution in [0.5, 0.6) is 5.75 Å². The van der Waals surface area contributed by atoms with Crippen LogP contribution >= 0.6 is 0 Å². The molecule has 0 N–H and O–H groups in total. The predicted octanol–water partition coefficient (Wildman–Crippen LogP) is 5.00. The fraction of sp³-hybridized carbons (Fsp3) is 0.333. The lowest BCUT2D eigenvalue weighted by Crippen LogP contribution is -2.43. The highest BCUT2D eigenvalue weighted by Gasteiger charge is 2.44. The van der Waals surface area contributed by atoms with Gasteiger partial charge in [-0.3, -0.25) is 14.5 Å². The van der Waals surface area contributed by atoms with Crippen molar-refractivity contribution in [1.29, 1.82) is 0 Å². The number of amides is 1. The molecular formula is C24H24FNO3. The molecule has 29 heavy (non-hydrogen) atoms. The third-order valence-electron chi connectivity index (χ3n) is 5.73. The molecule has 4 rings (SSSR count). The predicted molar refractivity (Wildman–Crippen MR) is 109 cm³/mol. The third kappa shape index (κ3) is 3.57. The topological polar surface area (TPSA) is 46.6 Å². The average Bonchev–Trinajstić information content (AvgIpc) is 2.66. The summed E-state index contributed by atoms with van der Waals surface area (Å²) >= 11 is 0. The Morgan fingerprint density at radius 3 is 2.45 bits per heavy atom. The lowest BCUT2D eigenvalue weighted by atomic mass is 9.69. The van der Waals surface area contributed by atoms with Gasteiger partial charge in [-0.15, -0.1) is 0 Å². The van der Waals surface area contributed by atoms with Crippen molar-refractivity contribution in [2.45, 2.75) is 39.0 Å². The molecule has 1 aliphatic heterocycles. The Labute approximate surface area is 170 Å². The number of rotatable bonds is 3. The third-order valence-corrected chi connectivity index (χ3v) is 5.73. The number of ether oxygens (including phenoxy) is 1. The van der Waals surface area contributed by atoms with Gasteiger partial charge in [0.1, 0.15) is 11.6 Å². The van der Waals surface area contributed by atoms with Crippen LogP contribution in [0.2, 0.25) is 0 Å². The van der Waals surface area contributed by atoms with Crippen LogP contribution < -0.4 is 9.64 Å². The molecule has 2 aliphatic rings. The summed E-state index contributed by atoms with van der Waals surface area (Å²) in [7, 11) is 1.60. The van der Waals surface area contributed by atoms with Gasteiger partial charge in [-0.25, -0.2) is 4.39 Å². The van der Waals surface area contributed by atoms with E-state index in [4.69, 9.17) is 4.74 Å². The molecule has 0 aromatic heterocycles. The van der Waals surface area contributed by atoms with Crippen LogP contribution in [0.15, 0.2) is 59.8 Å². The van der Waals surface area contributed by atoms with Gasteiger partial charge < -0.3 is 4.74 Å². The van der Waals surface area contributed by atoms with Gasteiger partial charge in [0.2, 0.25) is 5.91 Å². The summed E-state index contributed by atoms with van der Waals surface area (Å²) < 4.78 is 19.1. The minimum Gasteiger partial charge on any atom is -0.497 e. The normalized spacial score (nSPS) is 21.2. The number of hydrogen-bond donors (Lipinski definition) is 0. The second kappa shape index (κ2) is 7.14. The van der Waals surface area contributed by atoms with Gasteiger partial charge in [-0.1, -0.05) is 32.0 Å². The van der Waals surface area contributed by atoms with Gasteiger partial charge in [0.25, 0.3) is 0 Å². The number of carbonyl (C=O) groups is 2. The zero-order valence-electron chi connectivity index (χ0n) is 16.9. The molecule has 2 aromatic rings. The van der Waals surface area contributed by atoms with Crippen molar-refractivity contribution >= 4 is 17.4 Å². The van der Waals surface area contributed by atoms with Crippen molar-refractivity contribution in [1.82, 2.24) is 0 Å². The van der Waals surface area contributed by atoms with E-state index in [0.29, 0.717) is 29.8 Å². The molecule has 1 atom stereocenters.